The van der Waals surface area contributed by atoms with E-state index in [0.29, 0.717) is 17.2 Å². The van der Waals surface area contributed by atoms with E-state index in [1.807, 2.05) is 0 Å². The van der Waals surface area contributed by atoms with Crippen molar-refractivity contribution in [2.45, 2.75) is 57.2 Å². The molecule has 4 atom stereocenters. The van der Waals surface area contributed by atoms with Crippen LogP contribution in [0.25, 0.3) is 0 Å². The van der Waals surface area contributed by atoms with Crippen molar-refractivity contribution in [1.29, 1.82) is 0 Å². The van der Waals surface area contributed by atoms with Crippen molar-refractivity contribution in [2.24, 2.45) is 5.92 Å². The second kappa shape index (κ2) is 9.09. The zero-order chi connectivity index (χ0) is 22.0. The minimum atomic E-state index is -0.583. The molecule has 168 valence electrons. The molecule has 5 nitrogen and oxygen atoms in total. The number of likely N-dealkylation sites (tertiary alicyclic amines) is 1. The molecule has 1 saturated carbocycles. The predicted molar refractivity (Wildman–Crippen MR) is 121 cm³/mol. The van der Waals surface area contributed by atoms with Gasteiger partial charge in [-0.3, -0.25) is 0 Å². The Morgan fingerprint density at radius 1 is 0.968 bits per heavy atom. The van der Waals surface area contributed by atoms with Crippen molar-refractivity contribution < 1.29 is 24.2 Å². The zero-order valence-corrected chi connectivity index (χ0v) is 19.2. The molecule has 31 heavy (non-hydrogen) atoms. The molecule has 1 saturated heterocycles. The lowest BCUT2D eigenvalue weighted by Gasteiger charge is -2.50. The first kappa shape index (κ1) is 22.0. The topological polar surface area (TPSA) is 52.4 Å². The summed E-state index contributed by atoms with van der Waals surface area (Å²) in [6.07, 6.45) is 5.10. The first-order valence-electron chi connectivity index (χ1n) is 11.4. The Morgan fingerprint density at radius 3 is 2.26 bits per heavy atom. The lowest BCUT2D eigenvalue weighted by atomic mass is 9.66. The van der Waals surface area contributed by atoms with Gasteiger partial charge in [0.15, 0.2) is 11.5 Å². The number of piperidine rings is 1. The van der Waals surface area contributed by atoms with Gasteiger partial charge in [-0.25, -0.2) is 0 Å². The molecule has 4 rings (SSSR count). The molecular weight excluding hydrogens is 390 g/mol. The van der Waals surface area contributed by atoms with Crippen molar-refractivity contribution in [3.63, 3.8) is 0 Å². The molecule has 2 N–H and O–H groups in total. The molecule has 1 heterocycles. The van der Waals surface area contributed by atoms with Crippen molar-refractivity contribution in [2.75, 3.05) is 27.9 Å². The summed E-state index contributed by atoms with van der Waals surface area (Å²) in [5.41, 5.74) is 3.18. The minimum absolute atomic E-state index is 0.175. The summed E-state index contributed by atoms with van der Waals surface area (Å²) in [5.74, 6) is 2.19. The smallest absolute Gasteiger partial charge is 0.203 e. The van der Waals surface area contributed by atoms with Crippen LogP contribution >= 0.6 is 0 Å². The van der Waals surface area contributed by atoms with E-state index in [1.54, 1.807) is 21.3 Å². The van der Waals surface area contributed by atoms with E-state index in [1.165, 1.54) is 22.4 Å². The van der Waals surface area contributed by atoms with Gasteiger partial charge in [-0.1, -0.05) is 42.7 Å². The lowest BCUT2D eigenvalue weighted by Crippen LogP contribution is -3.13. The number of methoxy groups -OCH3 is 3. The fourth-order valence-corrected chi connectivity index (χ4v) is 5.77. The van der Waals surface area contributed by atoms with E-state index in [4.69, 9.17) is 14.2 Å². The van der Waals surface area contributed by atoms with Gasteiger partial charge in [-0.15, -0.1) is 0 Å². The molecule has 0 spiro atoms. The maximum atomic E-state index is 11.6. The van der Waals surface area contributed by atoms with Crippen LogP contribution in [-0.2, 0) is 6.54 Å². The Hall–Kier alpha value is -2.24. The maximum absolute atomic E-state index is 11.6. The Morgan fingerprint density at radius 2 is 1.65 bits per heavy atom. The standard InChI is InChI=1S/C26H35NO4/c1-18-8-10-19(11-9-18)17-27-14-13-26(28)12-6-5-7-21(26)24(27)20-15-22(29-2)25(31-4)23(16-20)30-3/h8-11,15-16,21,24,28H,5-7,12-14,17H2,1-4H3/p+1/t21-,24-,26-/m1/s1. The van der Waals surface area contributed by atoms with Crippen LogP contribution in [0.2, 0.25) is 0 Å². The Kier molecular flexibility index (Phi) is 6.44. The van der Waals surface area contributed by atoms with Crippen LogP contribution in [0.15, 0.2) is 36.4 Å². The number of benzene rings is 2. The largest absolute Gasteiger partial charge is 0.493 e. The number of aryl methyl sites for hydroxylation is 1. The summed E-state index contributed by atoms with van der Waals surface area (Å²) in [7, 11) is 4.96. The van der Waals surface area contributed by atoms with Gasteiger partial charge in [0, 0.05) is 23.5 Å². The number of nitrogens with one attached hydrogen (secondary N) is 1. The monoisotopic (exact) mass is 426 g/mol. The molecule has 2 aliphatic rings. The van der Waals surface area contributed by atoms with Crippen molar-refractivity contribution >= 4 is 0 Å². The second-order valence-electron chi connectivity index (χ2n) is 9.21. The molecule has 2 aromatic rings. The Labute approximate surface area is 185 Å². The van der Waals surface area contributed by atoms with Crippen molar-refractivity contribution in [3.05, 3.63) is 53.1 Å². The third-order valence-corrected chi connectivity index (χ3v) is 7.38. The van der Waals surface area contributed by atoms with E-state index in [2.05, 4.69) is 43.3 Å². The fraction of sp³-hybridized carbons (Fsp3) is 0.538. The van der Waals surface area contributed by atoms with Crippen molar-refractivity contribution in [3.8, 4) is 17.2 Å². The number of rotatable bonds is 6. The molecule has 5 heteroatoms. The summed E-state index contributed by atoms with van der Waals surface area (Å²) in [5, 5.41) is 11.6. The summed E-state index contributed by atoms with van der Waals surface area (Å²) >= 11 is 0. The van der Waals surface area contributed by atoms with Gasteiger partial charge < -0.3 is 24.2 Å². The molecule has 0 bridgehead atoms. The third-order valence-electron chi connectivity index (χ3n) is 7.38. The summed E-state index contributed by atoms with van der Waals surface area (Å²) in [4.78, 5) is 1.50. The van der Waals surface area contributed by atoms with Crippen LogP contribution in [0, 0.1) is 12.8 Å². The van der Waals surface area contributed by atoms with Gasteiger partial charge in [0.25, 0.3) is 0 Å². The van der Waals surface area contributed by atoms with Crippen LogP contribution in [-0.4, -0.2) is 38.6 Å². The SMILES string of the molecule is COc1cc([C@@H]2[C@H]3CCCC[C@@]3(O)CC[NH+]2Cc2ccc(C)cc2)cc(OC)c1OC. The zero-order valence-electron chi connectivity index (χ0n) is 19.2. The van der Waals surface area contributed by atoms with E-state index in [0.717, 1.165) is 44.3 Å². The first-order chi connectivity index (χ1) is 15.0. The Bertz CT molecular complexity index is 872. The van der Waals surface area contributed by atoms with Gasteiger partial charge >= 0.3 is 0 Å². The highest BCUT2D eigenvalue weighted by Gasteiger charge is 2.51. The van der Waals surface area contributed by atoms with E-state index < -0.39 is 5.60 Å². The van der Waals surface area contributed by atoms with Gasteiger partial charge in [-0.2, -0.15) is 0 Å². The van der Waals surface area contributed by atoms with Gasteiger partial charge in [-0.05, 0) is 31.9 Å². The van der Waals surface area contributed by atoms with Gasteiger partial charge in [0.1, 0.15) is 12.6 Å². The molecular formula is C26H36NO4+. The summed E-state index contributed by atoms with van der Waals surface area (Å²) < 4.78 is 16.9. The first-order valence-corrected chi connectivity index (χ1v) is 11.4. The van der Waals surface area contributed by atoms with Crippen LogP contribution in [0.3, 0.4) is 0 Å². The molecule has 1 aliphatic heterocycles. The van der Waals surface area contributed by atoms with Gasteiger partial charge in [0.05, 0.1) is 33.5 Å². The highest BCUT2D eigenvalue weighted by atomic mass is 16.5. The number of aliphatic hydroxyl groups is 1. The maximum Gasteiger partial charge on any atom is 0.203 e. The molecule has 2 aromatic carbocycles. The Balaban J connectivity index is 1.77. The third kappa shape index (κ3) is 4.26. The average Bonchev–Trinajstić information content (AvgIpc) is 2.79. The number of fused-ring (bicyclic) bond motifs is 1. The van der Waals surface area contributed by atoms with Crippen LogP contribution in [0.5, 0.6) is 17.2 Å². The number of hydrogen-bond acceptors (Lipinski definition) is 4. The van der Waals surface area contributed by atoms with Crippen molar-refractivity contribution in [1.82, 2.24) is 0 Å². The lowest BCUT2D eigenvalue weighted by molar-refractivity contribution is -0.958. The molecule has 2 fully saturated rings. The minimum Gasteiger partial charge on any atom is -0.493 e. The fourth-order valence-electron chi connectivity index (χ4n) is 5.77. The number of quaternary nitrogens is 1. The molecule has 1 unspecified atom stereocenters. The number of hydrogen-bond donors (Lipinski definition) is 2. The molecule has 0 radical (unpaired) electrons. The highest BCUT2D eigenvalue weighted by Crippen LogP contribution is 2.47. The molecule has 1 aliphatic carbocycles. The van der Waals surface area contributed by atoms with E-state index >= 15 is 0 Å². The van der Waals surface area contributed by atoms with Crippen LogP contribution < -0.4 is 19.1 Å². The quantitative estimate of drug-likeness (QED) is 0.743. The van der Waals surface area contributed by atoms with E-state index in [-0.39, 0.29) is 12.0 Å². The van der Waals surface area contributed by atoms with Gasteiger partial charge in [0.2, 0.25) is 5.75 Å². The summed E-state index contributed by atoms with van der Waals surface area (Å²) in [6.45, 7) is 4.01. The number of ether oxygens (including phenoxy) is 3. The normalized spacial score (nSPS) is 28.0. The predicted octanol–water partition coefficient (Wildman–Crippen LogP) is 3.47. The molecule has 0 amide bonds. The second-order valence-corrected chi connectivity index (χ2v) is 9.21. The van der Waals surface area contributed by atoms with Crippen LogP contribution in [0.1, 0.15) is 54.8 Å². The van der Waals surface area contributed by atoms with Crippen LogP contribution in [0.4, 0.5) is 0 Å². The highest BCUT2D eigenvalue weighted by molar-refractivity contribution is 5.54. The summed E-state index contributed by atoms with van der Waals surface area (Å²) in [6, 6.07) is 13.2. The molecule has 0 aromatic heterocycles. The van der Waals surface area contributed by atoms with E-state index in [9.17, 15) is 5.11 Å². The average molecular weight is 427 g/mol.